The summed E-state index contributed by atoms with van der Waals surface area (Å²) in [5.74, 6) is 0.0147. The van der Waals surface area contributed by atoms with Gasteiger partial charge in [0.05, 0.1) is 16.9 Å². The van der Waals surface area contributed by atoms with Crippen LogP contribution in [-0.4, -0.2) is 12.8 Å². The lowest BCUT2D eigenvalue weighted by molar-refractivity contribution is -0.121. The molecule has 0 heterocycles. The molecule has 4 nitrogen and oxygen atoms in total. The lowest BCUT2D eigenvalue weighted by Crippen LogP contribution is -2.28. The number of anilines is 2. The fourth-order valence-electron chi connectivity index (χ4n) is 1.71. The summed E-state index contributed by atoms with van der Waals surface area (Å²) in [5, 5.41) is 12.2. The smallest absolute Gasteiger partial charge is 0.139 e. The Labute approximate surface area is 101 Å². The summed E-state index contributed by atoms with van der Waals surface area (Å²) in [4.78, 5) is 11.7. The van der Waals surface area contributed by atoms with Crippen LogP contribution in [0.2, 0.25) is 0 Å². The molecule has 0 saturated carbocycles. The van der Waals surface area contributed by atoms with Crippen LogP contribution < -0.4 is 11.1 Å². The second-order valence-corrected chi connectivity index (χ2v) is 4.50. The molecule has 0 atom stereocenters. The van der Waals surface area contributed by atoms with Crippen LogP contribution in [0.15, 0.2) is 12.1 Å². The van der Waals surface area contributed by atoms with Crippen molar-refractivity contribution < 1.29 is 4.79 Å². The molecule has 0 aliphatic heterocycles. The van der Waals surface area contributed by atoms with E-state index in [-0.39, 0.29) is 5.78 Å². The molecule has 0 aromatic heterocycles. The zero-order valence-electron chi connectivity index (χ0n) is 10.6. The predicted octanol–water partition coefficient (Wildman–Crippen LogP) is 2.05. The van der Waals surface area contributed by atoms with E-state index in [1.54, 1.807) is 33.0 Å². The Bertz CT molecular complexity index is 498. The molecular formula is C13H17N3O. The van der Waals surface area contributed by atoms with Gasteiger partial charge in [-0.25, -0.2) is 0 Å². The standard InChI is InChI=1S/C13H17N3O/c1-8(17)13(2,3)10-5-6-11(15)12(16-4)9(10)7-14/h5-6,16H,15H2,1-4H3. The molecule has 0 amide bonds. The molecule has 0 unspecified atom stereocenters. The molecule has 0 spiro atoms. The van der Waals surface area contributed by atoms with E-state index in [0.717, 1.165) is 0 Å². The second kappa shape index (κ2) is 4.46. The molecule has 0 bridgehead atoms. The number of nitrogens with two attached hydrogens (primary N) is 1. The minimum atomic E-state index is -0.690. The normalized spacial score (nSPS) is 10.8. The first-order chi connectivity index (χ1) is 7.86. The van der Waals surface area contributed by atoms with Crippen molar-refractivity contribution in [2.75, 3.05) is 18.1 Å². The fourth-order valence-corrected chi connectivity index (χ4v) is 1.71. The highest BCUT2D eigenvalue weighted by Gasteiger charge is 2.30. The maximum absolute atomic E-state index is 11.7. The topological polar surface area (TPSA) is 78.9 Å². The first-order valence-corrected chi connectivity index (χ1v) is 5.38. The third-order valence-electron chi connectivity index (χ3n) is 3.15. The highest BCUT2D eigenvalue weighted by molar-refractivity contribution is 5.89. The van der Waals surface area contributed by atoms with Crippen molar-refractivity contribution >= 4 is 17.2 Å². The van der Waals surface area contributed by atoms with E-state index < -0.39 is 5.41 Å². The van der Waals surface area contributed by atoms with E-state index in [9.17, 15) is 10.1 Å². The van der Waals surface area contributed by atoms with Crippen LogP contribution in [-0.2, 0) is 10.2 Å². The summed E-state index contributed by atoms with van der Waals surface area (Å²) < 4.78 is 0. The number of nitriles is 1. The molecule has 1 rings (SSSR count). The van der Waals surface area contributed by atoms with Gasteiger partial charge in [-0.1, -0.05) is 6.07 Å². The highest BCUT2D eigenvalue weighted by Crippen LogP contribution is 2.34. The Balaban J connectivity index is 3.58. The molecule has 17 heavy (non-hydrogen) atoms. The van der Waals surface area contributed by atoms with Gasteiger partial charge in [0.15, 0.2) is 0 Å². The van der Waals surface area contributed by atoms with Crippen LogP contribution in [0.5, 0.6) is 0 Å². The van der Waals surface area contributed by atoms with Crippen molar-refractivity contribution in [1.29, 1.82) is 5.26 Å². The molecule has 0 aliphatic rings. The number of hydrogen-bond acceptors (Lipinski definition) is 4. The monoisotopic (exact) mass is 231 g/mol. The molecule has 1 aromatic carbocycles. The van der Waals surface area contributed by atoms with Gasteiger partial charge in [0.2, 0.25) is 0 Å². The van der Waals surface area contributed by atoms with Gasteiger partial charge in [0.1, 0.15) is 11.9 Å². The van der Waals surface area contributed by atoms with Gasteiger partial charge in [-0.05, 0) is 32.4 Å². The van der Waals surface area contributed by atoms with Crippen LogP contribution in [0.1, 0.15) is 31.9 Å². The number of benzene rings is 1. The summed E-state index contributed by atoms with van der Waals surface area (Å²) >= 11 is 0. The molecule has 0 fully saturated rings. The lowest BCUT2D eigenvalue weighted by atomic mass is 9.78. The lowest BCUT2D eigenvalue weighted by Gasteiger charge is -2.24. The van der Waals surface area contributed by atoms with E-state index >= 15 is 0 Å². The maximum Gasteiger partial charge on any atom is 0.139 e. The first kappa shape index (κ1) is 13.0. The van der Waals surface area contributed by atoms with Crippen molar-refractivity contribution in [2.24, 2.45) is 0 Å². The molecule has 0 saturated heterocycles. The maximum atomic E-state index is 11.7. The van der Waals surface area contributed by atoms with Crippen molar-refractivity contribution in [1.82, 2.24) is 0 Å². The number of hydrogen-bond donors (Lipinski definition) is 2. The highest BCUT2D eigenvalue weighted by atomic mass is 16.1. The van der Waals surface area contributed by atoms with Crippen molar-refractivity contribution in [3.63, 3.8) is 0 Å². The molecule has 90 valence electrons. The quantitative estimate of drug-likeness (QED) is 0.780. The van der Waals surface area contributed by atoms with Crippen molar-refractivity contribution in [2.45, 2.75) is 26.2 Å². The summed E-state index contributed by atoms with van der Waals surface area (Å²) in [6.07, 6.45) is 0. The fraction of sp³-hybridized carbons (Fsp3) is 0.385. The number of rotatable bonds is 3. The Morgan fingerprint density at radius 2 is 2.06 bits per heavy atom. The summed E-state index contributed by atoms with van der Waals surface area (Å²) in [6.45, 7) is 5.14. The Morgan fingerprint density at radius 3 is 2.47 bits per heavy atom. The number of nitrogen functional groups attached to an aromatic ring is 1. The van der Waals surface area contributed by atoms with Crippen LogP contribution in [0.3, 0.4) is 0 Å². The predicted molar refractivity (Wildman–Crippen MR) is 68.8 cm³/mol. The number of carbonyl (C=O) groups is 1. The van der Waals surface area contributed by atoms with Gasteiger partial charge in [0.25, 0.3) is 0 Å². The molecule has 1 aromatic rings. The molecule has 3 N–H and O–H groups in total. The van der Waals surface area contributed by atoms with Crippen molar-refractivity contribution in [3.8, 4) is 6.07 Å². The van der Waals surface area contributed by atoms with E-state index in [4.69, 9.17) is 5.73 Å². The Morgan fingerprint density at radius 1 is 1.47 bits per heavy atom. The van der Waals surface area contributed by atoms with Gasteiger partial charge in [-0.15, -0.1) is 0 Å². The Hall–Kier alpha value is -2.02. The number of nitrogens with one attached hydrogen (secondary N) is 1. The number of nitrogens with zero attached hydrogens (tertiary/aromatic N) is 1. The number of ketones is 1. The zero-order valence-corrected chi connectivity index (χ0v) is 10.6. The summed E-state index contributed by atoms with van der Waals surface area (Å²) in [6, 6.07) is 5.58. The van der Waals surface area contributed by atoms with Gasteiger partial charge < -0.3 is 11.1 Å². The average Bonchev–Trinajstić information content (AvgIpc) is 2.27. The zero-order chi connectivity index (χ0) is 13.2. The summed E-state index contributed by atoms with van der Waals surface area (Å²) in [7, 11) is 1.71. The third kappa shape index (κ3) is 2.09. The molecule has 4 heteroatoms. The largest absolute Gasteiger partial charge is 0.397 e. The number of carbonyl (C=O) groups excluding carboxylic acids is 1. The number of Topliss-reactive ketones (excluding diaryl/α,β-unsaturated/α-hetero) is 1. The van der Waals surface area contributed by atoms with Gasteiger partial charge in [-0.2, -0.15) is 5.26 Å². The Kier molecular flexibility index (Phi) is 3.42. The minimum absolute atomic E-state index is 0.0147. The minimum Gasteiger partial charge on any atom is -0.397 e. The van der Waals surface area contributed by atoms with E-state index in [2.05, 4.69) is 11.4 Å². The molecule has 0 aliphatic carbocycles. The second-order valence-electron chi connectivity index (χ2n) is 4.50. The van der Waals surface area contributed by atoms with Crippen LogP contribution >= 0.6 is 0 Å². The van der Waals surface area contributed by atoms with Gasteiger partial charge in [-0.3, -0.25) is 4.79 Å². The van der Waals surface area contributed by atoms with Crippen LogP contribution in [0.25, 0.3) is 0 Å². The third-order valence-corrected chi connectivity index (χ3v) is 3.15. The first-order valence-electron chi connectivity index (χ1n) is 5.38. The van der Waals surface area contributed by atoms with E-state index in [1.165, 1.54) is 6.92 Å². The van der Waals surface area contributed by atoms with Gasteiger partial charge in [0, 0.05) is 12.5 Å². The summed E-state index contributed by atoms with van der Waals surface area (Å²) in [5.41, 5.74) is 7.33. The van der Waals surface area contributed by atoms with E-state index in [0.29, 0.717) is 22.5 Å². The molecular weight excluding hydrogens is 214 g/mol. The average molecular weight is 231 g/mol. The van der Waals surface area contributed by atoms with Gasteiger partial charge >= 0.3 is 0 Å². The molecule has 0 radical (unpaired) electrons. The van der Waals surface area contributed by atoms with E-state index in [1.807, 2.05) is 0 Å². The van der Waals surface area contributed by atoms with Crippen LogP contribution in [0.4, 0.5) is 11.4 Å². The van der Waals surface area contributed by atoms with Crippen molar-refractivity contribution in [3.05, 3.63) is 23.3 Å². The SMILES string of the molecule is CNc1c(N)ccc(C(C)(C)C(C)=O)c1C#N. The van der Waals surface area contributed by atoms with Crippen LogP contribution in [0, 0.1) is 11.3 Å².